The van der Waals surface area contributed by atoms with Crippen molar-refractivity contribution < 1.29 is 0 Å². The molecule has 112 valence electrons. The highest BCUT2D eigenvalue weighted by atomic mass is 15.1. The summed E-state index contributed by atoms with van der Waals surface area (Å²) in [5, 5.41) is 3.52. The van der Waals surface area contributed by atoms with Gasteiger partial charge >= 0.3 is 0 Å². The molecule has 1 aliphatic carbocycles. The Morgan fingerprint density at radius 1 is 1.20 bits per heavy atom. The molecule has 4 heteroatoms. The monoisotopic (exact) mass is 276 g/mol. The van der Waals surface area contributed by atoms with Crippen LogP contribution in [0.5, 0.6) is 0 Å². The Labute approximate surface area is 122 Å². The molecule has 0 radical (unpaired) electrons. The SMILES string of the molecule is Cc1c(N)nc(C2CC2)nc1NC(C)CCCC(C)C. The van der Waals surface area contributed by atoms with E-state index in [2.05, 4.69) is 36.1 Å². The second kappa shape index (κ2) is 6.42. The van der Waals surface area contributed by atoms with Crippen LogP contribution in [0.2, 0.25) is 0 Å². The molecule has 0 bridgehead atoms. The topological polar surface area (TPSA) is 63.8 Å². The van der Waals surface area contributed by atoms with Crippen LogP contribution in [0.3, 0.4) is 0 Å². The molecule has 2 rings (SSSR count). The summed E-state index contributed by atoms with van der Waals surface area (Å²) >= 11 is 0. The quantitative estimate of drug-likeness (QED) is 0.793. The summed E-state index contributed by atoms with van der Waals surface area (Å²) in [5.74, 6) is 3.79. The molecule has 0 amide bonds. The molecule has 1 heterocycles. The van der Waals surface area contributed by atoms with Gasteiger partial charge in [0.2, 0.25) is 0 Å². The zero-order valence-electron chi connectivity index (χ0n) is 13.2. The summed E-state index contributed by atoms with van der Waals surface area (Å²) in [6.45, 7) is 8.76. The predicted octanol–water partition coefficient (Wildman–Crippen LogP) is 3.87. The maximum Gasteiger partial charge on any atom is 0.136 e. The molecule has 0 saturated heterocycles. The second-order valence-corrected chi connectivity index (χ2v) is 6.59. The number of nitrogens with two attached hydrogens (primary N) is 1. The number of anilines is 2. The minimum absolute atomic E-state index is 0.425. The van der Waals surface area contributed by atoms with Crippen molar-refractivity contribution in [3.8, 4) is 0 Å². The van der Waals surface area contributed by atoms with Gasteiger partial charge in [0.15, 0.2) is 0 Å². The van der Waals surface area contributed by atoms with Crippen LogP contribution in [0.25, 0.3) is 0 Å². The van der Waals surface area contributed by atoms with Crippen molar-refractivity contribution in [2.45, 2.75) is 71.8 Å². The number of hydrogen-bond acceptors (Lipinski definition) is 4. The molecule has 0 spiro atoms. The molecule has 1 unspecified atom stereocenters. The van der Waals surface area contributed by atoms with E-state index in [0.29, 0.717) is 17.8 Å². The third-order valence-corrected chi connectivity index (χ3v) is 3.94. The first-order chi connectivity index (χ1) is 9.47. The average Bonchev–Trinajstić information content (AvgIpc) is 3.18. The Kier molecular flexibility index (Phi) is 4.84. The van der Waals surface area contributed by atoms with Crippen LogP contribution in [-0.4, -0.2) is 16.0 Å². The van der Waals surface area contributed by atoms with Crippen LogP contribution in [0, 0.1) is 12.8 Å². The van der Waals surface area contributed by atoms with Crippen LogP contribution in [0.4, 0.5) is 11.6 Å². The van der Waals surface area contributed by atoms with Gasteiger partial charge in [-0.3, -0.25) is 0 Å². The smallest absolute Gasteiger partial charge is 0.136 e. The van der Waals surface area contributed by atoms with Gasteiger partial charge in [-0.1, -0.05) is 26.7 Å². The first-order valence-corrected chi connectivity index (χ1v) is 7.88. The van der Waals surface area contributed by atoms with Crippen LogP contribution >= 0.6 is 0 Å². The Balaban J connectivity index is 1.97. The lowest BCUT2D eigenvalue weighted by atomic mass is 10.0. The molecular formula is C16H28N4. The Bertz CT molecular complexity index is 452. The van der Waals surface area contributed by atoms with E-state index in [-0.39, 0.29) is 0 Å². The lowest BCUT2D eigenvalue weighted by Gasteiger charge is -2.18. The van der Waals surface area contributed by atoms with Gasteiger partial charge in [-0.2, -0.15) is 0 Å². The number of nitrogens with one attached hydrogen (secondary N) is 1. The number of aromatic nitrogens is 2. The molecule has 1 saturated carbocycles. The van der Waals surface area contributed by atoms with E-state index in [9.17, 15) is 0 Å². The van der Waals surface area contributed by atoms with Crippen molar-refractivity contribution in [3.05, 3.63) is 11.4 Å². The summed E-state index contributed by atoms with van der Waals surface area (Å²) in [6, 6.07) is 0.425. The Hall–Kier alpha value is -1.32. The first-order valence-electron chi connectivity index (χ1n) is 7.88. The molecule has 1 aromatic heterocycles. The molecule has 1 fully saturated rings. The molecule has 0 aromatic carbocycles. The molecule has 3 N–H and O–H groups in total. The van der Waals surface area contributed by atoms with Crippen LogP contribution < -0.4 is 11.1 Å². The zero-order chi connectivity index (χ0) is 14.7. The maximum absolute atomic E-state index is 6.01. The number of hydrogen-bond donors (Lipinski definition) is 2. The third-order valence-electron chi connectivity index (χ3n) is 3.94. The first kappa shape index (κ1) is 15.1. The van der Waals surface area contributed by atoms with E-state index in [0.717, 1.165) is 23.1 Å². The van der Waals surface area contributed by atoms with E-state index in [1.165, 1.54) is 32.1 Å². The normalized spacial score (nSPS) is 16.4. The minimum atomic E-state index is 0.425. The molecular weight excluding hydrogens is 248 g/mol. The summed E-state index contributed by atoms with van der Waals surface area (Å²) in [4.78, 5) is 9.09. The van der Waals surface area contributed by atoms with Crippen LogP contribution in [0.1, 0.15) is 70.2 Å². The highest BCUT2D eigenvalue weighted by molar-refractivity contribution is 5.55. The zero-order valence-corrected chi connectivity index (χ0v) is 13.2. The van der Waals surface area contributed by atoms with Crippen LogP contribution in [0.15, 0.2) is 0 Å². The summed E-state index contributed by atoms with van der Waals surface area (Å²) in [6.07, 6.45) is 6.10. The molecule has 1 atom stereocenters. The highest BCUT2D eigenvalue weighted by Crippen LogP contribution is 2.39. The van der Waals surface area contributed by atoms with E-state index < -0.39 is 0 Å². The minimum Gasteiger partial charge on any atom is -0.383 e. The maximum atomic E-state index is 6.01. The van der Waals surface area contributed by atoms with E-state index in [1.54, 1.807) is 0 Å². The standard InChI is InChI=1S/C16H28N4/c1-10(2)6-5-7-11(3)18-15-12(4)14(17)19-16(20-15)13-8-9-13/h10-11,13H,5-9H2,1-4H3,(H3,17,18,19,20). The second-order valence-electron chi connectivity index (χ2n) is 6.59. The fourth-order valence-corrected chi connectivity index (χ4v) is 2.35. The van der Waals surface area contributed by atoms with Gasteiger partial charge in [0.1, 0.15) is 17.5 Å². The van der Waals surface area contributed by atoms with Crippen molar-refractivity contribution in [1.29, 1.82) is 0 Å². The lowest BCUT2D eigenvalue weighted by molar-refractivity contribution is 0.520. The molecule has 1 aromatic rings. The van der Waals surface area contributed by atoms with Gasteiger partial charge in [-0.05, 0) is 39.0 Å². The van der Waals surface area contributed by atoms with E-state index >= 15 is 0 Å². The highest BCUT2D eigenvalue weighted by Gasteiger charge is 2.28. The van der Waals surface area contributed by atoms with Gasteiger partial charge in [0, 0.05) is 17.5 Å². The number of nitrogen functional groups attached to an aromatic ring is 1. The van der Waals surface area contributed by atoms with Gasteiger partial charge < -0.3 is 11.1 Å². The van der Waals surface area contributed by atoms with E-state index in [4.69, 9.17) is 5.73 Å². The largest absolute Gasteiger partial charge is 0.383 e. The molecule has 4 nitrogen and oxygen atoms in total. The number of rotatable bonds is 7. The van der Waals surface area contributed by atoms with Crippen molar-refractivity contribution in [3.63, 3.8) is 0 Å². The molecule has 1 aliphatic rings. The summed E-state index contributed by atoms with van der Waals surface area (Å²) in [5.41, 5.74) is 6.99. The lowest BCUT2D eigenvalue weighted by Crippen LogP contribution is -2.18. The van der Waals surface area contributed by atoms with Crippen molar-refractivity contribution >= 4 is 11.6 Å². The Morgan fingerprint density at radius 3 is 2.50 bits per heavy atom. The fourth-order valence-electron chi connectivity index (χ4n) is 2.35. The fraction of sp³-hybridized carbons (Fsp3) is 0.750. The van der Waals surface area contributed by atoms with Crippen molar-refractivity contribution in [2.75, 3.05) is 11.1 Å². The molecule has 20 heavy (non-hydrogen) atoms. The van der Waals surface area contributed by atoms with Gasteiger partial charge in [0.05, 0.1) is 0 Å². The third kappa shape index (κ3) is 4.09. The summed E-state index contributed by atoms with van der Waals surface area (Å²) in [7, 11) is 0. The van der Waals surface area contributed by atoms with Gasteiger partial charge in [-0.25, -0.2) is 9.97 Å². The van der Waals surface area contributed by atoms with Crippen LogP contribution in [-0.2, 0) is 0 Å². The molecule has 0 aliphatic heterocycles. The van der Waals surface area contributed by atoms with Crippen molar-refractivity contribution in [2.24, 2.45) is 5.92 Å². The number of nitrogens with zero attached hydrogens (tertiary/aromatic N) is 2. The van der Waals surface area contributed by atoms with Gasteiger partial charge in [0.25, 0.3) is 0 Å². The van der Waals surface area contributed by atoms with E-state index in [1.807, 2.05) is 6.92 Å². The van der Waals surface area contributed by atoms with Crippen molar-refractivity contribution in [1.82, 2.24) is 9.97 Å². The Morgan fingerprint density at radius 2 is 1.90 bits per heavy atom. The van der Waals surface area contributed by atoms with Gasteiger partial charge in [-0.15, -0.1) is 0 Å². The predicted molar refractivity (Wildman–Crippen MR) is 84.9 cm³/mol. The summed E-state index contributed by atoms with van der Waals surface area (Å²) < 4.78 is 0. The average molecular weight is 276 g/mol.